The van der Waals surface area contributed by atoms with Crippen molar-refractivity contribution in [3.8, 4) is 0 Å². The molecule has 0 heterocycles. The van der Waals surface area contributed by atoms with Crippen molar-refractivity contribution in [3.05, 3.63) is 0 Å². The molecule has 86 valence electrons. The summed E-state index contributed by atoms with van der Waals surface area (Å²) < 4.78 is 0. The van der Waals surface area contributed by atoms with Gasteiger partial charge in [-0.05, 0) is 0 Å². The average molecular weight is 490 g/mol. The van der Waals surface area contributed by atoms with E-state index < -0.39 is 18.5 Å². The summed E-state index contributed by atoms with van der Waals surface area (Å²) in [7, 11) is 0. The van der Waals surface area contributed by atoms with Crippen LogP contribution in [0.3, 0.4) is 0 Å². The van der Waals surface area contributed by atoms with Crippen molar-refractivity contribution < 1.29 is 144 Å². The molecule has 0 aliphatic rings. The minimum atomic E-state index is -1.83. The van der Waals surface area contributed by atoms with E-state index in [0.29, 0.717) is 0 Å². The molecule has 0 aliphatic carbocycles. The molecule has 0 atom stereocenters. The van der Waals surface area contributed by atoms with E-state index >= 15 is 0 Å². The summed E-state index contributed by atoms with van der Waals surface area (Å²) >= 11 is 0. The van der Waals surface area contributed by atoms with Crippen molar-refractivity contribution in [2.75, 3.05) is 0 Å². The molecule has 6 N–H and O–H groups in total. The van der Waals surface area contributed by atoms with Crippen LogP contribution >= 0.6 is 0 Å². The quantitative estimate of drug-likeness (QED) is 0.286. The Hall–Kier alpha value is 0.979. The van der Waals surface area contributed by atoms with Crippen LogP contribution < -0.4 is 0 Å². The Morgan fingerprint density at radius 2 is 0.500 bits per heavy atom. The van der Waals surface area contributed by atoms with Gasteiger partial charge in [-0.15, -0.1) is 0 Å². The van der Waals surface area contributed by atoms with E-state index in [1.807, 2.05) is 0 Å². The largest absolute Gasteiger partial charge is 0.503 e. The fraction of sp³-hybridized carbons (Fsp3) is 0. The molecule has 0 fully saturated rings. The average Bonchev–Trinajstić information content (AvgIpc) is 1.54. The summed E-state index contributed by atoms with van der Waals surface area (Å²) in [4.78, 5) is 25.7. The Kier molecular flexibility index (Phi) is 49.6. The van der Waals surface area contributed by atoms with Crippen molar-refractivity contribution in [1.82, 2.24) is 0 Å². The van der Waals surface area contributed by atoms with Crippen LogP contribution in [0.1, 0.15) is 0 Å². The van der Waals surface area contributed by atoms with Crippen LogP contribution in [-0.4, -0.2) is 49.1 Å². The molecule has 9 nitrogen and oxygen atoms in total. The monoisotopic (exact) mass is 492 g/mol. The van der Waals surface area contributed by atoms with Crippen molar-refractivity contribution in [2.45, 2.75) is 0 Å². The molecule has 0 unspecified atom stereocenters. The topological polar surface area (TPSA) is 173 Å². The molecule has 0 amide bonds. The predicted octanol–water partition coefficient (Wildman–Crippen LogP) is 0.667. The minimum absolute atomic E-state index is 0. The first-order chi connectivity index (χ1) is 5.20. The Morgan fingerprint density at radius 3 is 0.500 bits per heavy atom. The van der Waals surface area contributed by atoms with Gasteiger partial charge in [-0.2, -0.15) is 0 Å². The van der Waals surface area contributed by atoms with Crippen LogP contribution in [0.15, 0.2) is 0 Å². The van der Waals surface area contributed by atoms with Gasteiger partial charge < -0.3 is 30.6 Å². The molecule has 0 aromatic carbocycles. The van der Waals surface area contributed by atoms with E-state index in [1.54, 1.807) is 0 Å². The van der Waals surface area contributed by atoms with Crippen molar-refractivity contribution >= 4 is 18.5 Å². The van der Waals surface area contributed by atoms with Crippen LogP contribution in [0.25, 0.3) is 0 Å². The van der Waals surface area contributed by atoms with Gasteiger partial charge in [-0.25, -0.2) is 14.4 Å². The maximum Gasteiger partial charge on any atom is 0.503 e. The number of hydrogen-bond acceptors (Lipinski definition) is 3. The van der Waals surface area contributed by atoms with Crippen LogP contribution in [0.5, 0.6) is 0 Å². The first kappa shape index (κ1) is 29.4. The molecule has 0 bridgehead atoms. The second-order valence-electron chi connectivity index (χ2n) is 0.848. The van der Waals surface area contributed by atoms with Crippen molar-refractivity contribution in [2.24, 2.45) is 0 Å². The fourth-order valence-electron chi connectivity index (χ4n) is 0. The first-order valence-electron chi connectivity index (χ1n) is 1.95. The zero-order valence-corrected chi connectivity index (χ0v) is 11.0. The van der Waals surface area contributed by atoms with Gasteiger partial charge in [0.25, 0.3) is 0 Å². The van der Waals surface area contributed by atoms with Gasteiger partial charge in [0.05, 0.1) is 0 Å². The summed E-state index contributed by atoms with van der Waals surface area (Å²) in [6, 6.07) is 0. The molecule has 0 saturated carbocycles. The third kappa shape index (κ3) is 1940. The third-order valence-electron chi connectivity index (χ3n) is 0. The number of rotatable bonds is 0. The zero-order valence-electron chi connectivity index (χ0n) is 6.16. The van der Waals surface area contributed by atoms with Gasteiger partial charge in [0, 0.05) is 98.8 Å². The van der Waals surface area contributed by atoms with E-state index in [1.165, 1.54) is 0 Å². The molecule has 0 aromatic rings. The second kappa shape index (κ2) is 23.6. The van der Waals surface area contributed by atoms with E-state index in [4.69, 9.17) is 45.0 Å². The predicted molar refractivity (Wildman–Crippen MR) is 32.0 cm³/mol. The summed E-state index contributed by atoms with van der Waals surface area (Å²) in [5, 5.41) is 41.8. The summed E-state index contributed by atoms with van der Waals surface area (Å²) in [5.41, 5.74) is 0. The Bertz CT molecular complexity index is 116. The van der Waals surface area contributed by atoms with Gasteiger partial charge in [0.1, 0.15) is 0 Å². The number of carbonyl (C=O) groups is 3. The molecule has 0 rings (SSSR count). The fourth-order valence-corrected chi connectivity index (χ4v) is 0. The molecule has 0 aromatic heterocycles. The van der Waals surface area contributed by atoms with Crippen LogP contribution in [0, 0.1) is 98.8 Å². The molecule has 0 saturated heterocycles. The normalized spacial score (nSPS) is 5.14. The number of carboxylic acid groups (broad SMARTS) is 6. The van der Waals surface area contributed by atoms with Crippen molar-refractivity contribution in [1.29, 1.82) is 0 Å². The second-order valence-corrected chi connectivity index (χ2v) is 0.848. The first-order valence-corrected chi connectivity index (χ1v) is 1.95. The summed E-state index contributed by atoms with van der Waals surface area (Å²) in [6.45, 7) is 0. The van der Waals surface area contributed by atoms with Crippen molar-refractivity contribution in [3.63, 3.8) is 0 Å². The molecule has 11 heteroatoms. The van der Waals surface area contributed by atoms with Gasteiger partial charge >= 0.3 is 18.5 Å². The molecule has 0 spiro atoms. The number of hydrogen-bond donors (Lipinski definition) is 6. The van der Waals surface area contributed by atoms with Crippen LogP contribution in [0.2, 0.25) is 0 Å². The van der Waals surface area contributed by atoms with Gasteiger partial charge in [0.15, 0.2) is 0 Å². The summed E-state index contributed by atoms with van der Waals surface area (Å²) in [6.07, 6.45) is -5.50. The third-order valence-corrected chi connectivity index (χ3v) is 0. The molecular weight excluding hydrogens is 484 g/mol. The van der Waals surface area contributed by atoms with E-state index in [0.717, 1.165) is 0 Å². The standard InChI is InChI=1S/3CH2O3.2Eu/c3*2-1(3)4;;/h3*(H2,2,3,4);;. The Morgan fingerprint density at radius 1 is 0.500 bits per heavy atom. The summed E-state index contributed by atoms with van der Waals surface area (Å²) in [5.74, 6) is 0. The molecule has 14 heavy (non-hydrogen) atoms. The zero-order chi connectivity index (χ0) is 10.7. The van der Waals surface area contributed by atoms with Gasteiger partial charge in [-0.1, -0.05) is 0 Å². The maximum absolute atomic E-state index is 8.56. The minimum Gasteiger partial charge on any atom is -0.450 e. The molecular formula is C3H6Eu2O9. The van der Waals surface area contributed by atoms with Gasteiger partial charge in [-0.3, -0.25) is 0 Å². The Labute approximate surface area is 159 Å². The Balaban J connectivity index is -0.0000000270. The van der Waals surface area contributed by atoms with Crippen LogP contribution in [-0.2, 0) is 0 Å². The van der Waals surface area contributed by atoms with Gasteiger partial charge in [0.2, 0.25) is 0 Å². The molecule has 0 aliphatic heterocycles. The maximum atomic E-state index is 8.56. The smallest absolute Gasteiger partial charge is 0.450 e. The van der Waals surface area contributed by atoms with Crippen LogP contribution in [0.4, 0.5) is 14.4 Å². The van der Waals surface area contributed by atoms with E-state index in [9.17, 15) is 0 Å². The van der Waals surface area contributed by atoms with E-state index in [-0.39, 0.29) is 98.8 Å². The molecule has 2 radical (unpaired) electrons. The van der Waals surface area contributed by atoms with E-state index in [2.05, 4.69) is 0 Å². The SMILES string of the molecule is O=C(O)O.O=C(O)O.O=C(O)O.[Eu].[Eu].